The number of fused-ring (bicyclic) bond motifs is 1. The van der Waals surface area contributed by atoms with Gasteiger partial charge in [0.15, 0.2) is 0 Å². The van der Waals surface area contributed by atoms with Crippen LogP contribution >= 0.6 is 11.6 Å². The fourth-order valence-electron chi connectivity index (χ4n) is 2.42. The molecule has 6 heteroatoms. The topological polar surface area (TPSA) is 73.8 Å². The number of aromatic nitrogens is 3. The first-order valence-corrected chi connectivity index (χ1v) is 7.26. The number of aryl methyl sites for hydroxylation is 1. The zero-order chi connectivity index (χ0) is 15.7. The van der Waals surface area contributed by atoms with E-state index in [4.69, 9.17) is 17.3 Å². The molecule has 1 atom stereocenters. The summed E-state index contributed by atoms with van der Waals surface area (Å²) in [6.45, 7) is 0. The van der Waals surface area contributed by atoms with Crippen molar-refractivity contribution < 1.29 is 0 Å². The lowest BCUT2D eigenvalue weighted by molar-refractivity contribution is 0.671. The number of benzene rings is 1. The molecule has 112 valence electrons. The Morgan fingerprint density at radius 2 is 2.05 bits per heavy atom. The number of para-hydroxylation sites is 2. The Morgan fingerprint density at radius 3 is 2.77 bits per heavy atom. The Balaban J connectivity index is 2.00. The third kappa shape index (κ3) is 2.73. The first-order chi connectivity index (χ1) is 10.6. The largest absolute Gasteiger partial charge is 0.322 e. The minimum Gasteiger partial charge on any atom is -0.322 e. The normalized spacial score (nSPS) is 12.5. The van der Waals surface area contributed by atoms with Gasteiger partial charge in [-0.1, -0.05) is 29.8 Å². The lowest BCUT2D eigenvalue weighted by Crippen LogP contribution is -2.29. The van der Waals surface area contributed by atoms with E-state index in [-0.39, 0.29) is 5.56 Å². The van der Waals surface area contributed by atoms with E-state index in [9.17, 15) is 4.79 Å². The highest BCUT2D eigenvalue weighted by Crippen LogP contribution is 2.15. The summed E-state index contributed by atoms with van der Waals surface area (Å²) >= 11 is 5.77. The van der Waals surface area contributed by atoms with Crippen molar-refractivity contribution in [1.29, 1.82) is 0 Å². The Bertz CT molecular complexity index is 873. The van der Waals surface area contributed by atoms with Crippen LogP contribution in [0.2, 0.25) is 5.15 Å². The zero-order valence-corrected chi connectivity index (χ0v) is 12.8. The fraction of sp³-hybridized carbons (Fsp3) is 0.188. The van der Waals surface area contributed by atoms with Crippen LogP contribution < -0.4 is 11.3 Å². The van der Waals surface area contributed by atoms with Gasteiger partial charge in [-0.05, 0) is 30.2 Å². The Labute approximate surface area is 132 Å². The fourth-order valence-corrected chi connectivity index (χ4v) is 2.53. The number of hydrogen-bond donors (Lipinski definition) is 1. The number of rotatable bonds is 3. The van der Waals surface area contributed by atoms with Gasteiger partial charge < -0.3 is 10.3 Å². The molecular formula is C16H15ClN4O. The standard InChI is InChI=1S/C16H15ClN4O/c1-21-13-5-3-2-4-12(13)20-15(16(21)22)11(18)8-10-6-7-14(17)19-9-10/h2-7,9,11H,8,18H2,1H3. The van der Waals surface area contributed by atoms with Gasteiger partial charge in [0.1, 0.15) is 10.8 Å². The lowest BCUT2D eigenvalue weighted by Gasteiger charge is -2.13. The van der Waals surface area contributed by atoms with Gasteiger partial charge in [-0.2, -0.15) is 0 Å². The molecular weight excluding hydrogens is 300 g/mol. The number of nitrogens with two attached hydrogens (primary N) is 1. The number of pyridine rings is 1. The van der Waals surface area contributed by atoms with Crippen molar-refractivity contribution in [1.82, 2.24) is 14.5 Å². The summed E-state index contributed by atoms with van der Waals surface area (Å²) in [6, 6.07) is 10.6. The van der Waals surface area contributed by atoms with Crippen LogP contribution in [-0.2, 0) is 13.5 Å². The van der Waals surface area contributed by atoms with E-state index in [1.165, 1.54) is 0 Å². The van der Waals surface area contributed by atoms with Crippen molar-refractivity contribution in [3.63, 3.8) is 0 Å². The summed E-state index contributed by atoms with van der Waals surface area (Å²) in [6.07, 6.45) is 2.14. The van der Waals surface area contributed by atoms with Crippen LogP contribution in [-0.4, -0.2) is 14.5 Å². The molecule has 2 heterocycles. The van der Waals surface area contributed by atoms with Crippen molar-refractivity contribution in [2.75, 3.05) is 0 Å². The molecule has 0 aliphatic rings. The highest BCUT2D eigenvalue weighted by atomic mass is 35.5. The molecule has 0 saturated heterocycles. The van der Waals surface area contributed by atoms with E-state index in [0.717, 1.165) is 16.6 Å². The Kier molecular flexibility index (Phi) is 3.92. The summed E-state index contributed by atoms with van der Waals surface area (Å²) in [4.78, 5) is 20.9. The zero-order valence-electron chi connectivity index (χ0n) is 12.0. The molecule has 22 heavy (non-hydrogen) atoms. The molecule has 1 unspecified atom stereocenters. The molecule has 3 aromatic rings. The number of nitrogens with zero attached hydrogens (tertiary/aromatic N) is 3. The third-order valence-electron chi connectivity index (χ3n) is 3.60. The van der Waals surface area contributed by atoms with Crippen LogP contribution in [0.4, 0.5) is 0 Å². The molecule has 2 N–H and O–H groups in total. The average molecular weight is 315 g/mol. The molecule has 0 aliphatic carbocycles. The van der Waals surface area contributed by atoms with E-state index < -0.39 is 6.04 Å². The minimum absolute atomic E-state index is 0.173. The lowest BCUT2D eigenvalue weighted by atomic mass is 10.1. The van der Waals surface area contributed by atoms with E-state index in [1.54, 1.807) is 23.9 Å². The van der Waals surface area contributed by atoms with Crippen molar-refractivity contribution in [2.24, 2.45) is 12.8 Å². The molecule has 0 bridgehead atoms. The van der Waals surface area contributed by atoms with Gasteiger partial charge in [0.05, 0.1) is 17.1 Å². The summed E-state index contributed by atoms with van der Waals surface area (Å²) in [5.41, 5.74) is 8.83. The maximum atomic E-state index is 12.5. The molecule has 0 radical (unpaired) electrons. The maximum absolute atomic E-state index is 12.5. The summed E-state index contributed by atoms with van der Waals surface area (Å²) < 4.78 is 1.58. The molecule has 0 aliphatic heterocycles. The molecule has 5 nitrogen and oxygen atoms in total. The van der Waals surface area contributed by atoms with E-state index >= 15 is 0 Å². The van der Waals surface area contributed by atoms with Crippen LogP contribution in [0.25, 0.3) is 11.0 Å². The smallest absolute Gasteiger partial charge is 0.274 e. The Morgan fingerprint density at radius 1 is 1.27 bits per heavy atom. The number of halogens is 1. The molecule has 0 amide bonds. The SMILES string of the molecule is Cn1c(=O)c(C(N)Cc2ccc(Cl)nc2)nc2ccccc21. The maximum Gasteiger partial charge on any atom is 0.274 e. The summed E-state index contributed by atoms with van der Waals surface area (Å²) in [7, 11) is 1.73. The van der Waals surface area contributed by atoms with Gasteiger partial charge in [-0.25, -0.2) is 9.97 Å². The summed E-state index contributed by atoms with van der Waals surface area (Å²) in [5, 5.41) is 0.428. The van der Waals surface area contributed by atoms with Crippen LogP contribution in [0.1, 0.15) is 17.3 Å². The van der Waals surface area contributed by atoms with Gasteiger partial charge >= 0.3 is 0 Å². The van der Waals surface area contributed by atoms with Crippen LogP contribution in [0.3, 0.4) is 0 Å². The minimum atomic E-state index is -0.494. The molecule has 0 fully saturated rings. The molecule has 0 saturated carbocycles. The van der Waals surface area contributed by atoms with Crippen LogP contribution in [0.15, 0.2) is 47.4 Å². The van der Waals surface area contributed by atoms with Crippen molar-refractivity contribution in [3.05, 3.63) is 69.4 Å². The highest BCUT2D eigenvalue weighted by molar-refractivity contribution is 6.29. The van der Waals surface area contributed by atoms with E-state index in [1.807, 2.05) is 30.3 Å². The first-order valence-electron chi connectivity index (χ1n) is 6.88. The number of hydrogen-bond acceptors (Lipinski definition) is 4. The van der Waals surface area contributed by atoms with Crippen molar-refractivity contribution in [2.45, 2.75) is 12.5 Å². The predicted molar refractivity (Wildman–Crippen MR) is 86.9 cm³/mol. The Hall–Kier alpha value is -2.24. The molecule has 0 spiro atoms. The van der Waals surface area contributed by atoms with Gasteiger partial charge in [-0.3, -0.25) is 4.79 Å². The monoisotopic (exact) mass is 314 g/mol. The van der Waals surface area contributed by atoms with E-state index in [0.29, 0.717) is 17.3 Å². The highest BCUT2D eigenvalue weighted by Gasteiger charge is 2.16. The van der Waals surface area contributed by atoms with Gasteiger partial charge in [0.25, 0.3) is 5.56 Å². The molecule has 1 aromatic carbocycles. The quantitative estimate of drug-likeness (QED) is 0.752. The second-order valence-electron chi connectivity index (χ2n) is 5.15. The molecule has 2 aromatic heterocycles. The second kappa shape index (κ2) is 5.87. The van der Waals surface area contributed by atoms with Gasteiger partial charge in [0, 0.05) is 13.2 Å². The van der Waals surface area contributed by atoms with Gasteiger partial charge in [0.2, 0.25) is 0 Å². The van der Waals surface area contributed by atoms with Crippen LogP contribution in [0, 0.1) is 0 Å². The van der Waals surface area contributed by atoms with E-state index in [2.05, 4.69) is 9.97 Å². The third-order valence-corrected chi connectivity index (χ3v) is 3.83. The van der Waals surface area contributed by atoms with Crippen molar-refractivity contribution in [3.8, 4) is 0 Å². The average Bonchev–Trinajstić information content (AvgIpc) is 2.53. The molecule has 3 rings (SSSR count). The summed E-state index contributed by atoms with van der Waals surface area (Å²) in [5.74, 6) is 0. The van der Waals surface area contributed by atoms with Gasteiger partial charge in [-0.15, -0.1) is 0 Å². The predicted octanol–water partition coefficient (Wildman–Crippen LogP) is 2.22. The second-order valence-corrected chi connectivity index (χ2v) is 5.54. The first kappa shape index (κ1) is 14.7. The van der Waals surface area contributed by atoms with Crippen molar-refractivity contribution >= 4 is 22.6 Å². The van der Waals surface area contributed by atoms with Crippen LogP contribution in [0.5, 0.6) is 0 Å².